The van der Waals surface area contributed by atoms with Crippen molar-refractivity contribution in [3.05, 3.63) is 58.4 Å². The van der Waals surface area contributed by atoms with Gasteiger partial charge in [-0.2, -0.15) is 9.30 Å². The molecular weight excluding hydrogens is 502 g/mol. The minimum atomic E-state index is -3.82. The number of carbonyl (C=O) groups is 2. The molecule has 4 rings (SSSR count). The number of hydrogen-bond donors (Lipinski definition) is 0. The fourth-order valence-electron chi connectivity index (χ4n) is 3.70. The average Bonchev–Trinajstić information content (AvgIpc) is 3.14. The summed E-state index contributed by atoms with van der Waals surface area (Å²) in [6.07, 6.45) is -0.476. The Labute approximate surface area is 203 Å². The van der Waals surface area contributed by atoms with Gasteiger partial charge in [-0.1, -0.05) is 11.3 Å². The van der Waals surface area contributed by atoms with Crippen LogP contribution < -0.4 is 4.80 Å². The molecule has 2 amide bonds. The van der Waals surface area contributed by atoms with Crippen LogP contribution in [0.25, 0.3) is 10.2 Å². The van der Waals surface area contributed by atoms with Gasteiger partial charge in [-0.3, -0.25) is 4.79 Å². The number of benzene rings is 2. The molecule has 0 atom stereocenters. The molecule has 0 unspecified atom stereocenters. The van der Waals surface area contributed by atoms with Crippen LogP contribution in [0.4, 0.5) is 13.6 Å². The van der Waals surface area contributed by atoms with E-state index in [0.717, 1.165) is 17.4 Å². The van der Waals surface area contributed by atoms with Crippen LogP contribution in [0.2, 0.25) is 0 Å². The van der Waals surface area contributed by atoms with E-state index in [0.29, 0.717) is 4.70 Å². The van der Waals surface area contributed by atoms with Crippen molar-refractivity contribution in [2.75, 3.05) is 32.8 Å². The minimum Gasteiger partial charge on any atom is -0.450 e. The summed E-state index contributed by atoms with van der Waals surface area (Å²) >= 11 is 0.963. The molecule has 13 heteroatoms. The molecule has 2 aromatic carbocycles. The Bertz CT molecular complexity index is 1460. The predicted octanol–water partition coefficient (Wildman–Crippen LogP) is 2.72. The fraction of sp³-hybridized carbons (Fsp3) is 0.318. The van der Waals surface area contributed by atoms with Crippen LogP contribution in [0.3, 0.4) is 0 Å². The van der Waals surface area contributed by atoms with Gasteiger partial charge in [0.15, 0.2) is 10.6 Å². The van der Waals surface area contributed by atoms with Gasteiger partial charge in [-0.15, -0.1) is 0 Å². The van der Waals surface area contributed by atoms with E-state index in [4.69, 9.17) is 4.74 Å². The first-order valence-corrected chi connectivity index (χ1v) is 12.9. The standard InChI is InChI=1S/C22H22F2N4O5S2/c1-3-33-22(30)27-8-10-28(11-9-27)35(31,32)16-6-4-14(5-7-16)20(29)25-21-26(2)19-17(24)12-15(23)13-18(19)34-21/h4-7,12-13H,3,8-11H2,1-2H3. The van der Waals surface area contributed by atoms with E-state index >= 15 is 0 Å². The lowest BCUT2D eigenvalue weighted by Gasteiger charge is -2.33. The van der Waals surface area contributed by atoms with Crippen LogP contribution in [0.15, 0.2) is 46.3 Å². The van der Waals surface area contributed by atoms with Crippen LogP contribution in [-0.2, 0) is 21.8 Å². The van der Waals surface area contributed by atoms with Crippen LogP contribution in [0.1, 0.15) is 17.3 Å². The highest BCUT2D eigenvalue weighted by Gasteiger charge is 2.30. The Hall–Kier alpha value is -3.16. The third-order valence-corrected chi connectivity index (χ3v) is 8.51. The SMILES string of the molecule is CCOC(=O)N1CCN(S(=O)(=O)c2ccc(C(=O)N=c3sc4cc(F)cc(F)c4n3C)cc2)CC1. The van der Waals surface area contributed by atoms with Gasteiger partial charge in [0.05, 0.1) is 21.7 Å². The predicted molar refractivity (Wildman–Crippen MR) is 124 cm³/mol. The molecule has 0 N–H and O–H groups in total. The summed E-state index contributed by atoms with van der Waals surface area (Å²) in [5, 5.41) is 0. The lowest BCUT2D eigenvalue weighted by Crippen LogP contribution is -2.50. The largest absolute Gasteiger partial charge is 0.450 e. The maximum atomic E-state index is 14.1. The van der Waals surface area contributed by atoms with Crippen LogP contribution in [-0.4, -0.2) is 67.0 Å². The summed E-state index contributed by atoms with van der Waals surface area (Å²) in [6.45, 7) is 2.61. The summed E-state index contributed by atoms with van der Waals surface area (Å²) in [5.74, 6) is -2.14. The first-order chi connectivity index (χ1) is 16.6. The molecule has 1 aliphatic heterocycles. The van der Waals surface area contributed by atoms with E-state index in [2.05, 4.69) is 4.99 Å². The third-order valence-electron chi connectivity index (χ3n) is 5.52. The first kappa shape index (κ1) is 24.9. The highest BCUT2D eigenvalue weighted by molar-refractivity contribution is 7.89. The van der Waals surface area contributed by atoms with Crippen molar-refractivity contribution in [2.45, 2.75) is 11.8 Å². The quantitative estimate of drug-likeness (QED) is 0.523. The second-order valence-corrected chi connectivity index (χ2v) is 10.7. The number of carbonyl (C=O) groups excluding carboxylic acids is 2. The number of piperazine rings is 1. The molecule has 0 bridgehead atoms. The first-order valence-electron chi connectivity index (χ1n) is 10.7. The molecule has 0 spiro atoms. The highest BCUT2D eigenvalue weighted by Crippen LogP contribution is 2.22. The fourth-order valence-corrected chi connectivity index (χ4v) is 6.18. The van der Waals surface area contributed by atoms with Crippen molar-refractivity contribution in [2.24, 2.45) is 12.0 Å². The zero-order valence-corrected chi connectivity index (χ0v) is 20.5. The maximum absolute atomic E-state index is 14.1. The number of aromatic nitrogens is 1. The van der Waals surface area contributed by atoms with Crippen LogP contribution >= 0.6 is 11.3 Å². The number of rotatable bonds is 4. The minimum absolute atomic E-state index is 0.00333. The van der Waals surface area contributed by atoms with Crippen molar-refractivity contribution in [3.8, 4) is 0 Å². The van der Waals surface area contributed by atoms with Crippen molar-refractivity contribution in [1.29, 1.82) is 0 Å². The van der Waals surface area contributed by atoms with Crippen LogP contribution in [0, 0.1) is 11.6 Å². The number of thiazole rings is 1. The van der Waals surface area contributed by atoms with Gasteiger partial charge in [0.25, 0.3) is 5.91 Å². The van der Waals surface area contributed by atoms with Gasteiger partial charge in [0.1, 0.15) is 5.82 Å². The zero-order valence-electron chi connectivity index (χ0n) is 18.9. The van der Waals surface area contributed by atoms with E-state index in [1.54, 1.807) is 6.92 Å². The Morgan fingerprint density at radius 3 is 2.37 bits per heavy atom. The average molecular weight is 525 g/mol. The normalized spacial score (nSPS) is 15.5. The molecule has 186 valence electrons. The van der Waals surface area contributed by atoms with Gasteiger partial charge >= 0.3 is 6.09 Å². The van der Waals surface area contributed by atoms with E-state index in [1.807, 2.05) is 0 Å². The number of aryl methyl sites for hydroxylation is 1. The molecule has 0 radical (unpaired) electrons. The molecule has 3 aromatic rings. The van der Waals surface area contributed by atoms with Gasteiger partial charge in [0, 0.05) is 44.9 Å². The molecule has 1 aromatic heterocycles. The number of hydrogen-bond acceptors (Lipinski definition) is 6. The second-order valence-electron chi connectivity index (χ2n) is 7.71. The summed E-state index contributed by atoms with van der Waals surface area (Å²) < 4.78 is 61.5. The lowest BCUT2D eigenvalue weighted by atomic mass is 10.2. The molecule has 35 heavy (non-hydrogen) atoms. The van der Waals surface area contributed by atoms with Crippen molar-refractivity contribution in [1.82, 2.24) is 13.8 Å². The van der Waals surface area contributed by atoms with E-state index < -0.39 is 33.7 Å². The number of fused-ring (bicyclic) bond motifs is 1. The molecule has 1 aliphatic rings. The van der Waals surface area contributed by atoms with Gasteiger partial charge in [0.2, 0.25) is 10.0 Å². The summed E-state index contributed by atoms with van der Waals surface area (Å²) in [5.41, 5.74) is 0.271. The number of amides is 2. The topological polar surface area (TPSA) is 101 Å². The molecule has 0 saturated carbocycles. The Morgan fingerprint density at radius 2 is 1.74 bits per heavy atom. The van der Waals surface area contributed by atoms with Crippen molar-refractivity contribution < 1.29 is 31.5 Å². The molecule has 2 heterocycles. The number of sulfonamides is 1. The lowest BCUT2D eigenvalue weighted by molar-refractivity contribution is 0.0933. The third kappa shape index (κ3) is 4.97. The molecule has 0 aliphatic carbocycles. The summed E-state index contributed by atoms with van der Waals surface area (Å²) in [6, 6.07) is 7.25. The number of ether oxygens (including phenoxy) is 1. The van der Waals surface area contributed by atoms with Gasteiger partial charge in [-0.05, 0) is 37.3 Å². The molecule has 9 nitrogen and oxygen atoms in total. The van der Waals surface area contributed by atoms with E-state index in [-0.39, 0.29) is 53.6 Å². The summed E-state index contributed by atoms with van der Waals surface area (Å²) in [7, 11) is -2.31. The van der Waals surface area contributed by atoms with Crippen LogP contribution in [0.5, 0.6) is 0 Å². The molecule has 1 saturated heterocycles. The smallest absolute Gasteiger partial charge is 0.409 e. The monoisotopic (exact) mass is 524 g/mol. The summed E-state index contributed by atoms with van der Waals surface area (Å²) in [4.78, 5) is 30.1. The maximum Gasteiger partial charge on any atom is 0.409 e. The highest BCUT2D eigenvalue weighted by atomic mass is 32.2. The Kier molecular flexibility index (Phi) is 7.01. The van der Waals surface area contributed by atoms with Gasteiger partial charge < -0.3 is 14.2 Å². The van der Waals surface area contributed by atoms with E-state index in [1.165, 1.54) is 51.2 Å². The number of halogens is 2. The number of nitrogens with zero attached hydrogens (tertiary/aromatic N) is 4. The van der Waals surface area contributed by atoms with Gasteiger partial charge in [-0.25, -0.2) is 22.0 Å². The second kappa shape index (κ2) is 9.84. The Balaban J connectivity index is 1.52. The molecule has 1 fully saturated rings. The Morgan fingerprint density at radius 1 is 1.09 bits per heavy atom. The van der Waals surface area contributed by atoms with Crippen molar-refractivity contribution in [3.63, 3.8) is 0 Å². The molecular formula is C22H22F2N4O5S2. The van der Waals surface area contributed by atoms with Crippen molar-refractivity contribution >= 4 is 43.6 Å². The zero-order chi connectivity index (χ0) is 25.3. The van der Waals surface area contributed by atoms with E-state index in [9.17, 15) is 26.8 Å².